The van der Waals surface area contributed by atoms with Gasteiger partial charge in [-0.25, -0.2) is 0 Å². The third kappa shape index (κ3) is 4.33. The highest BCUT2D eigenvalue weighted by Crippen LogP contribution is 2.61. The molecule has 0 amide bonds. The van der Waals surface area contributed by atoms with Gasteiger partial charge in [0.05, 0.1) is 0 Å². The molecule has 2 nitrogen and oxygen atoms in total. The molecule has 1 saturated carbocycles. The Labute approximate surface area is 190 Å². The fraction of sp³-hybridized carbons (Fsp3) is 0.759. The van der Waals surface area contributed by atoms with Crippen LogP contribution in [0.5, 0.6) is 0 Å². The number of esters is 1. The third-order valence-corrected chi connectivity index (χ3v) is 9.66. The first-order valence-electron chi connectivity index (χ1n) is 13.0. The zero-order valence-corrected chi connectivity index (χ0v) is 20.8. The molecule has 172 valence electrons. The van der Waals surface area contributed by atoms with Gasteiger partial charge < -0.3 is 4.74 Å². The van der Waals surface area contributed by atoms with Crippen LogP contribution in [-0.2, 0) is 28.8 Å². The molecule has 0 aliphatic heterocycles. The van der Waals surface area contributed by atoms with Gasteiger partial charge in [0.1, 0.15) is 6.10 Å². The lowest BCUT2D eigenvalue weighted by Gasteiger charge is -2.45. The summed E-state index contributed by atoms with van der Waals surface area (Å²) < 4.78 is 5.53. The van der Waals surface area contributed by atoms with Crippen molar-refractivity contribution in [2.24, 2.45) is 29.1 Å². The topological polar surface area (TPSA) is 26.3 Å². The van der Waals surface area contributed by atoms with Crippen molar-refractivity contribution >= 4 is 5.97 Å². The van der Waals surface area contributed by atoms with E-state index in [0.29, 0.717) is 5.41 Å². The van der Waals surface area contributed by atoms with Gasteiger partial charge in [-0.15, -0.1) is 0 Å². The largest absolute Gasteiger partial charge is 0.462 e. The number of carbonyl (C=O) groups is 1. The summed E-state index contributed by atoms with van der Waals surface area (Å²) in [6.07, 6.45) is 11.2. The summed E-state index contributed by atoms with van der Waals surface area (Å²) >= 11 is 0. The Balaban J connectivity index is 1.51. The standard InChI is InChI=1S/C29H44O2/c1-18(2)19(3)7-8-20(4)27-13-14-28-26-11-9-22-17-23(31-21(5)30)10-12-24(22)25(26)15-16-29(27,28)6/h9,11,18-20,23,27-28H,7-8,10,12-17H2,1-6H3/t19-,20+,23-,27-,28-,29+/m0/s1. The first-order chi connectivity index (χ1) is 14.7. The SMILES string of the molecule is CC(=O)O[C@H]1CCc2c(ccc3c2CC[C@@]2(C)[C@H]3CC[C@H]2[C@H](C)CC[C@H](C)C(C)C)C1. The number of carbonyl (C=O) groups excluding carboxylic acids is 1. The van der Waals surface area contributed by atoms with Crippen molar-refractivity contribution < 1.29 is 9.53 Å². The van der Waals surface area contributed by atoms with Crippen LogP contribution in [0.15, 0.2) is 12.1 Å². The second kappa shape index (κ2) is 8.91. The van der Waals surface area contributed by atoms with Gasteiger partial charge in [-0.1, -0.05) is 59.6 Å². The molecule has 0 radical (unpaired) electrons. The maximum atomic E-state index is 11.4. The molecule has 3 aliphatic rings. The molecule has 4 rings (SSSR count). The molecule has 6 atom stereocenters. The Kier molecular flexibility index (Phi) is 6.57. The van der Waals surface area contributed by atoms with Crippen LogP contribution >= 0.6 is 0 Å². The van der Waals surface area contributed by atoms with E-state index in [2.05, 4.69) is 46.8 Å². The molecule has 31 heavy (non-hydrogen) atoms. The molecule has 3 aliphatic carbocycles. The number of fused-ring (bicyclic) bond motifs is 5. The van der Waals surface area contributed by atoms with E-state index >= 15 is 0 Å². The molecule has 1 aromatic rings. The average molecular weight is 425 g/mol. The highest BCUT2D eigenvalue weighted by molar-refractivity contribution is 5.66. The van der Waals surface area contributed by atoms with Gasteiger partial charge in [-0.3, -0.25) is 4.79 Å². The number of hydrogen-bond donors (Lipinski definition) is 0. The van der Waals surface area contributed by atoms with E-state index in [1.165, 1.54) is 51.0 Å². The minimum absolute atomic E-state index is 0.0712. The fourth-order valence-corrected chi connectivity index (χ4v) is 7.40. The van der Waals surface area contributed by atoms with Gasteiger partial charge in [0.2, 0.25) is 0 Å². The van der Waals surface area contributed by atoms with Crippen molar-refractivity contribution in [3.8, 4) is 0 Å². The van der Waals surface area contributed by atoms with Crippen LogP contribution in [0.3, 0.4) is 0 Å². The van der Waals surface area contributed by atoms with Gasteiger partial charge in [-0.2, -0.15) is 0 Å². The van der Waals surface area contributed by atoms with Crippen molar-refractivity contribution in [3.63, 3.8) is 0 Å². The van der Waals surface area contributed by atoms with E-state index in [-0.39, 0.29) is 12.1 Å². The molecule has 0 N–H and O–H groups in total. The molecule has 1 aromatic carbocycles. The number of benzene rings is 1. The van der Waals surface area contributed by atoms with Crippen molar-refractivity contribution in [3.05, 3.63) is 34.4 Å². The van der Waals surface area contributed by atoms with E-state index in [4.69, 9.17) is 4.74 Å². The predicted octanol–water partition coefficient (Wildman–Crippen LogP) is 7.26. The Morgan fingerprint density at radius 3 is 2.55 bits per heavy atom. The molecule has 0 heterocycles. The second-order valence-corrected chi connectivity index (χ2v) is 11.8. The average Bonchev–Trinajstić information content (AvgIpc) is 3.08. The van der Waals surface area contributed by atoms with E-state index < -0.39 is 0 Å². The van der Waals surface area contributed by atoms with E-state index in [9.17, 15) is 4.79 Å². The lowest BCUT2D eigenvalue weighted by atomic mass is 9.59. The normalized spacial score (nSPS) is 31.5. The Morgan fingerprint density at radius 2 is 1.84 bits per heavy atom. The van der Waals surface area contributed by atoms with Crippen LogP contribution in [0.25, 0.3) is 0 Å². The van der Waals surface area contributed by atoms with Crippen LogP contribution in [0.2, 0.25) is 0 Å². The monoisotopic (exact) mass is 424 g/mol. The van der Waals surface area contributed by atoms with Crippen molar-refractivity contribution in [2.75, 3.05) is 0 Å². The van der Waals surface area contributed by atoms with E-state index in [0.717, 1.165) is 48.9 Å². The summed E-state index contributed by atoms with van der Waals surface area (Å²) in [6, 6.07) is 4.83. The molecule has 0 saturated heterocycles. The second-order valence-electron chi connectivity index (χ2n) is 11.8. The van der Waals surface area contributed by atoms with Crippen LogP contribution in [0, 0.1) is 29.1 Å². The zero-order chi connectivity index (χ0) is 22.3. The molecular formula is C29H44O2. The minimum Gasteiger partial charge on any atom is -0.462 e. The summed E-state index contributed by atoms with van der Waals surface area (Å²) in [4.78, 5) is 11.4. The molecule has 1 fully saturated rings. The van der Waals surface area contributed by atoms with Gasteiger partial charge in [0.15, 0.2) is 0 Å². The quantitative estimate of drug-likeness (QED) is 0.449. The zero-order valence-electron chi connectivity index (χ0n) is 20.8. The van der Waals surface area contributed by atoms with Crippen LogP contribution in [0.4, 0.5) is 0 Å². The van der Waals surface area contributed by atoms with E-state index in [1.54, 1.807) is 16.7 Å². The summed E-state index contributed by atoms with van der Waals surface area (Å²) in [6.45, 7) is 13.9. The molecule has 0 spiro atoms. The number of rotatable bonds is 6. The fourth-order valence-electron chi connectivity index (χ4n) is 7.40. The van der Waals surface area contributed by atoms with Crippen LogP contribution < -0.4 is 0 Å². The smallest absolute Gasteiger partial charge is 0.302 e. The lowest BCUT2D eigenvalue weighted by molar-refractivity contribution is -0.146. The van der Waals surface area contributed by atoms with Crippen molar-refractivity contribution in [2.45, 2.75) is 111 Å². The third-order valence-electron chi connectivity index (χ3n) is 9.66. The molecular weight excluding hydrogens is 380 g/mol. The highest BCUT2D eigenvalue weighted by atomic mass is 16.5. The molecule has 0 aromatic heterocycles. The number of ether oxygens (including phenoxy) is 1. The van der Waals surface area contributed by atoms with Crippen molar-refractivity contribution in [1.29, 1.82) is 0 Å². The first kappa shape index (κ1) is 22.9. The summed E-state index contributed by atoms with van der Waals surface area (Å²) in [5, 5.41) is 0. The maximum absolute atomic E-state index is 11.4. The van der Waals surface area contributed by atoms with Gasteiger partial charge in [-0.05, 0) is 95.8 Å². The number of hydrogen-bond acceptors (Lipinski definition) is 2. The van der Waals surface area contributed by atoms with Gasteiger partial charge in [0, 0.05) is 13.3 Å². The predicted molar refractivity (Wildman–Crippen MR) is 128 cm³/mol. The molecule has 0 unspecified atom stereocenters. The first-order valence-corrected chi connectivity index (χ1v) is 13.0. The molecule has 0 bridgehead atoms. The van der Waals surface area contributed by atoms with Gasteiger partial charge in [0.25, 0.3) is 0 Å². The summed E-state index contributed by atoms with van der Waals surface area (Å²) in [5.74, 6) is 3.93. The van der Waals surface area contributed by atoms with Gasteiger partial charge >= 0.3 is 5.97 Å². The Bertz CT molecular complexity index is 809. The highest BCUT2D eigenvalue weighted by Gasteiger charge is 2.51. The van der Waals surface area contributed by atoms with Crippen LogP contribution in [-0.4, -0.2) is 12.1 Å². The van der Waals surface area contributed by atoms with Crippen LogP contribution in [0.1, 0.15) is 108 Å². The Morgan fingerprint density at radius 1 is 1.06 bits per heavy atom. The minimum atomic E-state index is -0.143. The van der Waals surface area contributed by atoms with Crippen molar-refractivity contribution in [1.82, 2.24) is 0 Å². The lowest BCUT2D eigenvalue weighted by Crippen LogP contribution is -2.36. The maximum Gasteiger partial charge on any atom is 0.302 e. The summed E-state index contributed by atoms with van der Waals surface area (Å²) in [5.41, 5.74) is 6.85. The molecule has 2 heteroatoms. The van der Waals surface area contributed by atoms with E-state index in [1.807, 2.05) is 0 Å². The Hall–Kier alpha value is -1.31. The summed E-state index contributed by atoms with van der Waals surface area (Å²) in [7, 11) is 0.